The summed E-state index contributed by atoms with van der Waals surface area (Å²) in [5, 5.41) is 5.24. The van der Waals surface area contributed by atoms with Gasteiger partial charge in [0, 0.05) is 31.0 Å². The lowest BCUT2D eigenvalue weighted by Gasteiger charge is -2.34. The van der Waals surface area contributed by atoms with Crippen molar-refractivity contribution in [2.45, 2.75) is 13.0 Å². The number of morpholine rings is 1. The average Bonchev–Trinajstić information content (AvgIpc) is 2.63. The highest BCUT2D eigenvalue weighted by atomic mass is 16.5. The Morgan fingerprint density at radius 3 is 2.79 bits per heavy atom. The van der Waals surface area contributed by atoms with E-state index in [-0.39, 0.29) is 6.03 Å². The van der Waals surface area contributed by atoms with E-state index >= 15 is 0 Å². The number of amides is 2. The highest BCUT2D eigenvalue weighted by Crippen LogP contribution is 2.22. The maximum Gasteiger partial charge on any atom is 0.318 e. The molecule has 1 aromatic carbocycles. The van der Waals surface area contributed by atoms with E-state index < -0.39 is 0 Å². The molecule has 0 spiro atoms. The number of rotatable bonds is 3. The summed E-state index contributed by atoms with van der Waals surface area (Å²) >= 11 is 0. The average molecular weight is 327 g/mol. The fourth-order valence-electron chi connectivity index (χ4n) is 2.61. The summed E-state index contributed by atoms with van der Waals surface area (Å²) in [6.07, 6.45) is 1.77. The third-order valence-corrected chi connectivity index (χ3v) is 3.93. The van der Waals surface area contributed by atoms with Crippen molar-refractivity contribution in [3.05, 3.63) is 36.5 Å². The number of nitrogens with one attached hydrogen (secondary N) is 2. The Morgan fingerprint density at radius 2 is 2.08 bits per heavy atom. The van der Waals surface area contributed by atoms with Gasteiger partial charge in [0.25, 0.3) is 0 Å². The molecule has 0 bridgehead atoms. The Kier molecular flexibility index (Phi) is 4.90. The van der Waals surface area contributed by atoms with E-state index in [9.17, 15) is 4.79 Å². The molecule has 126 valence electrons. The lowest BCUT2D eigenvalue weighted by molar-refractivity contribution is 0.0985. The van der Waals surface area contributed by atoms with Crippen molar-refractivity contribution in [2.24, 2.45) is 0 Å². The normalized spacial score (nSPS) is 17.4. The second-order valence-electron chi connectivity index (χ2n) is 5.64. The van der Waals surface area contributed by atoms with Crippen molar-refractivity contribution in [2.75, 3.05) is 37.0 Å². The summed E-state index contributed by atoms with van der Waals surface area (Å²) in [4.78, 5) is 22.6. The van der Waals surface area contributed by atoms with Crippen molar-refractivity contribution in [1.82, 2.24) is 15.3 Å². The van der Waals surface area contributed by atoms with Crippen LogP contribution in [0.2, 0.25) is 0 Å². The molecule has 2 amide bonds. The largest absolute Gasteiger partial charge is 0.377 e. The van der Waals surface area contributed by atoms with Crippen molar-refractivity contribution in [3.8, 4) is 11.4 Å². The summed E-state index contributed by atoms with van der Waals surface area (Å²) in [6.45, 7) is 4.37. The topological polar surface area (TPSA) is 79.4 Å². The van der Waals surface area contributed by atoms with Crippen LogP contribution >= 0.6 is 0 Å². The molecule has 0 unspecified atom stereocenters. The number of carbonyl (C=O) groups excluding carboxylic acids is 1. The van der Waals surface area contributed by atoms with Crippen LogP contribution in [0.4, 0.5) is 16.3 Å². The van der Waals surface area contributed by atoms with Crippen molar-refractivity contribution in [3.63, 3.8) is 0 Å². The van der Waals surface area contributed by atoms with Crippen LogP contribution < -0.4 is 15.5 Å². The van der Waals surface area contributed by atoms with Crippen LogP contribution in [-0.2, 0) is 4.74 Å². The lowest BCUT2D eigenvalue weighted by atomic mass is 10.2. The second-order valence-corrected chi connectivity index (χ2v) is 5.64. The van der Waals surface area contributed by atoms with Crippen LogP contribution in [0.1, 0.15) is 6.92 Å². The van der Waals surface area contributed by atoms with Gasteiger partial charge in [-0.05, 0) is 37.3 Å². The first kappa shape index (κ1) is 16.2. The van der Waals surface area contributed by atoms with Crippen molar-refractivity contribution >= 4 is 17.5 Å². The van der Waals surface area contributed by atoms with E-state index in [1.54, 1.807) is 13.2 Å². The molecule has 0 radical (unpaired) electrons. The van der Waals surface area contributed by atoms with Crippen molar-refractivity contribution < 1.29 is 9.53 Å². The SMILES string of the molecule is CNC(=O)Nc1ccc(-c2nccc(N3CCOC[C@@H]3C)n2)cc1. The van der Waals surface area contributed by atoms with E-state index in [1.807, 2.05) is 30.3 Å². The van der Waals surface area contributed by atoms with E-state index in [2.05, 4.69) is 32.4 Å². The molecule has 0 aliphatic carbocycles. The van der Waals surface area contributed by atoms with Crippen LogP contribution in [0, 0.1) is 0 Å². The molecule has 3 rings (SSSR count). The van der Waals surface area contributed by atoms with E-state index in [0.29, 0.717) is 25.1 Å². The standard InChI is InChI=1S/C17H21N5O2/c1-12-11-24-10-9-22(12)15-7-8-19-16(21-15)13-3-5-14(6-4-13)20-17(23)18-2/h3-8,12H,9-11H2,1-2H3,(H2,18,20,23)/t12-/m0/s1. The molecular formula is C17H21N5O2. The number of ether oxygens (including phenoxy) is 1. The predicted octanol–water partition coefficient (Wildman–Crippen LogP) is 2.12. The minimum atomic E-state index is -0.248. The molecule has 1 saturated heterocycles. The van der Waals surface area contributed by atoms with Gasteiger partial charge in [0.05, 0.1) is 19.3 Å². The van der Waals surface area contributed by atoms with Gasteiger partial charge in [-0.1, -0.05) is 0 Å². The molecule has 1 atom stereocenters. The van der Waals surface area contributed by atoms with Crippen LogP contribution in [-0.4, -0.2) is 48.8 Å². The summed E-state index contributed by atoms with van der Waals surface area (Å²) < 4.78 is 5.48. The Labute approximate surface area is 141 Å². The van der Waals surface area contributed by atoms with E-state index in [0.717, 1.165) is 23.6 Å². The number of hydrogen-bond acceptors (Lipinski definition) is 5. The van der Waals surface area contributed by atoms with Gasteiger partial charge in [0.15, 0.2) is 5.82 Å². The smallest absolute Gasteiger partial charge is 0.318 e. The molecule has 1 fully saturated rings. The Morgan fingerprint density at radius 1 is 1.29 bits per heavy atom. The lowest BCUT2D eigenvalue weighted by Crippen LogP contribution is -2.44. The molecule has 7 nitrogen and oxygen atoms in total. The predicted molar refractivity (Wildman–Crippen MR) is 93.2 cm³/mol. The number of urea groups is 1. The van der Waals surface area contributed by atoms with Gasteiger partial charge >= 0.3 is 6.03 Å². The molecule has 1 aliphatic heterocycles. The summed E-state index contributed by atoms with van der Waals surface area (Å²) in [5.41, 5.74) is 1.62. The number of nitrogens with zero attached hydrogens (tertiary/aromatic N) is 3. The summed E-state index contributed by atoms with van der Waals surface area (Å²) in [6, 6.07) is 9.42. The third-order valence-electron chi connectivity index (χ3n) is 3.93. The Hall–Kier alpha value is -2.67. The van der Waals surface area contributed by atoms with Gasteiger partial charge in [-0.2, -0.15) is 0 Å². The molecule has 1 aromatic heterocycles. The maximum absolute atomic E-state index is 11.3. The zero-order valence-corrected chi connectivity index (χ0v) is 13.8. The van der Waals surface area contributed by atoms with Gasteiger partial charge < -0.3 is 20.3 Å². The van der Waals surface area contributed by atoms with Gasteiger partial charge in [-0.15, -0.1) is 0 Å². The first-order valence-corrected chi connectivity index (χ1v) is 7.94. The fraction of sp³-hybridized carbons (Fsp3) is 0.353. The van der Waals surface area contributed by atoms with E-state index in [4.69, 9.17) is 4.74 Å². The van der Waals surface area contributed by atoms with Crippen LogP contribution in [0.25, 0.3) is 11.4 Å². The first-order chi connectivity index (χ1) is 11.7. The highest BCUT2D eigenvalue weighted by Gasteiger charge is 2.20. The van der Waals surface area contributed by atoms with Gasteiger partial charge in [-0.3, -0.25) is 0 Å². The molecule has 0 saturated carbocycles. The quantitative estimate of drug-likeness (QED) is 0.903. The molecule has 2 heterocycles. The third kappa shape index (κ3) is 3.62. The van der Waals surface area contributed by atoms with Crippen LogP contribution in [0.5, 0.6) is 0 Å². The number of carbonyl (C=O) groups is 1. The van der Waals surface area contributed by atoms with Crippen molar-refractivity contribution in [1.29, 1.82) is 0 Å². The zero-order valence-electron chi connectivity index (χ0n) is 13.8. The minimum absolute atomic E-state index is 0.248. The van der Waals surface area contributed by atoms with Crippen LogP contribution in [0.15, 0.2) is 36.5 Å². The molecular weight excluding hydrogens is 306 g/mol. The molecule has 1 aliphatic rings. The van der Waals surface area contributed by atoms with Gasteiger partial charge in [-0.25, -0.2) is 14.8 Å². The first-order valence-electron chi connectivity index (χ1n) is 7.94. The highest BCUT2D eigenvalue weighted by molar-refractivity contribution is 5.89. The Bertz CT molecular complexity index is 704. The Balaban J connectivity index is 1.79. The number of aromatic nitrogens is 2. The number of benzene rings is 1. The fourth-order valence-corrected chi connectivity index (χ4v) is 2.61. The summed E-state index contributed by atoms with van der Waals surface area (Å²) in [5.74, 6) is 1.57. The molecule has 24 heavy (non-hydrogen) atoms. The second kappa shape index (κ2) is 7.27. The van der Waals surface area contributed by atoms with Crippen LogP contribution in [0.3, 0.4) is 0 Å². The van der Waals surface area contributed by atoms with Gasteiger partial charge in [0.1, 0.15) is 5.82 Å². The number of hydrogen-bond donors (Lipinski definition) is 2. The zero-order chi connectivity index (χ0) is 16.9. The maximum atomic E-state index is 11.3. The summed E-state index contributed by atoms with van der Waals surface area (Å²) in [7, 11) is 1.58. The minimum Gasteiger partial charge on any atom is -0.377 e. The molecule has 2 N–H and O–H groups in total. The molecule has 7 heteroatoms. The number of anilines is 2. The van der Waals surface area contributed by atoms with E-state index in [1.165, 1.54) is 0 Å². The van der Waals surface area contributed by atoms with Gasteiger partial charge in [0.2, 0.25) is 0 Å². The molecule has 2 aromatic rings. The monoisotopic (exact) mass is 327 g/mol.